The number of carbonyl (C=O) groups is 1. The Hall–Kier alpha value is -2.12. The highest BCUT2D eigenvalue weighted by atomic mass is 32.1. The zero-order valence-electron chi connectivity index (χ0n) is 15.4. The first-order valence-electron chi connectivity index (χ1n) is 8.78. The summed E-state index contributed by atoms with van der Waals surface area (Å²) < 4.78 is 10.4. The minimum Gasteiger partial charge on any atom is -0.497 e. The van der Waals surface area contributed by atoms with Gasteiger partial charge >= 0.3 is 0 Å². The van der Waals surface area contributed by atoms with Gasteiger partial charge < -0.3 is 9.47 Å². The van der Waals surface area contributed by atoms with Gasteiger partial charge in [-0.25, -0.2) is 4.98 Å². The number of carbonyl (C=O) groups excluding carboxylic acids is 1. The fraction of sp³-hybridized carbons (Fsp3) is 0.474. The quantitative estimate of drug-likeness (QED) is 0.835. The number of ether oxygens (including phenoxy) is 2. The van der Waals surface area contributed by atoms with Gasteiger partial charge in [0.2, 0.25) is 0 Å². The van der Waals surface area contributed by atoms with Crippen LogP contribution in [0.1, 0.15) is 35.8 Å². The van der Waals surface area contributed by atoms with Gasteiger partial charge in [-0.05, 0) is 44.0 Å². The third kappa shape index (κ3) is 4.74. The summed E-state index contributed by atoms with van der Waals surface area (Å²) in [6, 6.07) is 5.10. The number of rotatable bonds is 6. The second kappa shape index (κ2) is 8.51. The largest absolute Gasteiger partial charge is 0.497 e. The maximum Gasteiger partial charge on any atom is 0.257 e. The number of likely N-dealkylation sites (tertiary alicyclic amines) is 1. The third-order valence-corrected chi connectivity index (χ3v) is 5.45. The van der Waals surface area contributed by atoms with Gasteiger partial charge in [0.05, 0.1) is 19.9 Å². The summed E-state index contributed by atoms with van der Waals surface area (Å²) in [6.07, 6.45) is 2.48. The highest BCUT2D eigenvalue weighted by molar-refractivity contribution is 7.13. The number of nitrogens with zero attached hydrogens (tertiary/aromatic N) is 2. The summed E-state index contributed by atoms with van der Waals surface area (Å²) in [4.78, 5) is 19.5. The third-order valence-electron chi connectivity index (χ3n) is 4.65. The van der Waals surface area contributed by atoms with Crippen molar-refractivity contribution in [3.8, 4) is 11.5 Å². The van der Waals surface area contributed by atoms with Crippen molar-refractivity contribution in [3.63, 3.8) is 0 Å². The molecule has 2 heterocycles. The Morgan fingerprint density at radius 2 is 1.88 bits per heavy atom. The second-order valence-electron chi connectivity index (χ2n) is 6.66. The molecule has 7 heteroatoms. The molecule has 0 spiro atoms. The van der Waals surface area contributed by atoms with Crippen LogP contribution in [0.15, 0.2) is 23.6 Å². The Bertz CT molecular complexity index is 732. The summed E-state index contributed by atoms with van der Waals surface area (Å²) in [5.74, 6) is 1.74. The van der Waals surface area contributed by atoms with Crippen molar-refractivity contribution in [2.75, 3.05) is 32.6 Å². The number of amides is 1. The van der Waals surface area contributed by atoms with Gasteiger partial charge in [0.15, 0.2) is 5.13 Å². The van der Waals surface area contributed by atoms with Gasteiger partial charge in [-0.1, -0.05) is 6.92 Å². The molecule has 0 aliphatic carbocycles. The van der Waals surface area contributed by atoms with Crippen LogP contribution < -0.4 is 14.8 Å². The first-order valence-corrected chi connectivity index (χ1v) is 9.66. The topological polar surface area (TPSA) is 63.7 Å². The first-order chi connectivity index (χ1) is 12.6. The van der Waals surface area contributed by atoms with Crippen LogP contribution in [0.3, 0.4) is 0 Å². The number of hydrogen-bond donors (Lipinski definition) is 1. The lowest BCUT2D eigenvalue weighted by Crippen LogP contribution is -2.32. The molecule has 26 heavy (non-hydrogen) atoms. The van der Waals surface area contributed by atoms with Gasteiger partial charge in [-0.3, -0.25) is 15.0 Å². The van der Waals surface area contributed by atoms with E-state index in [2.05, 4.69) is 22.1 Å². The lowest BCUT2D eigenvalue weighted by Gasteiger charge is -2.29. The molecule has 0 atom stereocenters. The van der Waals surface area contributed by atoms with Crippen LogP contribution in [0.25, 0.3) is 0 Å². The van der Waals surface area contributed by atoms with E-state index in [1.54, 1.807) is 32.4 Å². The Morgan fingerprint density at radius 3 is 2.50 bits per heavy atom. The number of methoxy groups -OCH3 is 2. The molecule has 0 saturated carbocycles. The van der Waals surface area contributed by atoms with Gasteiger partial charge in [0.1, 0.15) is 11.5 Å². The van der Waals surface area contributed by atoms with E-state index in [0.29, 0.717) is 22.2 Å². The fourth-order valence-electron chi connectivity index (χ4n) is 2.99. The number of nitrogens with one attached hydrogen (secondary N) is 1. The molecule has 0 bridgehead atoms. The summed E-state index contributed by atoms with van der Waals surface area (Å²) >= 11 is 1.45. The molecule has 2 aromatic rings. The van der Waals surface area contributed by atoms with E-state index in [1.807, 2.05) is 5.38 Å². The molecule has 140 valence electrons. The van der Waals surface area contributed by atoms with Crippen molar-refractivity contribution in [3.05, 3.63) is 34.8 Å². The van der Waals surface area contributed by atoms with Crippen molar-refractivity contribution in [1.82, 2.24) is 9.88 Å². The van der Waals surface area contributed by atoms with Crippen molar-refractivity contribution in [2.24, 2.45) is 5.92 Å². The Kier molecular flexibility index (Phi) is 6.11. The molecule has 1 N–H and O–H groups in total. The number of anilines is 1. The molecular formula is C19H25N3O3S. The average molecular weight is 375 g/mol. The molecule has 1 aliphatic heterocycles. The number of benzene rings is 1. The van der Waals surface area contributed by atoms with Crippen LogP contribution in [0.2, 0.25) is 0 Å². The van der Waals surface area contributed by atoms with E-state index in [9.17, 15) is 4.79 Å². The Morgan fingerprint density at radius 1 is 1.23 bits per heavy atom. The number of aromatic nitrogens is 1. The van der Waals surface area contributed by atoms with Crippen molar-refractivity contribution in [2.45, 2.75) is 26.3 Å². The van der Waals surface area contributed by atoms with Crippen molar-refractivity contribution in [1.29, 1.82) is 0 Å². The predicted octanol–water partition coefficient (Wildman–Crippen LogP) is 3.64. The van der Waals surface area contributed by atoms with E-state index >= 15 is 0 Å². The minimum absolute atomic E-state index is 0.227. The fourth-order valence-corrected chi connectivity index (χ4v) is 3.69. The Labute approximate surface area is 158 Å². The average Bonchev–Trinajstić information content (AvgIpc) is 3.09. The molecule has 1 aromatic heterocycles. The summed E-state index contributed by atoms with van der Waals surface area (Å²) in [5, 5.41) is 5.49. The van der Waals surface area contributed by atoms with Crippen LogP contribution in [-0.4, -0.2) is 43.1 Å². The molecule has 0 unspecified atom stereocenters. The van der Waals surface area contributed by atoms with E-state index in [1.165, 1.54) is 24.2 Å². The summed E-state index contributed by atoms with van der Waals surface area (Å²) in [6.45, 7) is 5.38. The normalized spacial score (nSPS) is 15.7. The SMILES string of the molecule is COc1cc(OC)cc(C(=O)Nc2nc(CN3CCC(C)CC3)cs2)c1. The molecular weight excluding hydrogens is 350 g/mol. The zero-order valence-corrected chi connectivity index (χ0v) is 16.3. The molecule has 1 aliphatic rings. The van der Waals surface area contributed by atoms with Gasteiger partial charge in [0, 0.05) is 23.6 Å². The standard InChI is InChI=1S/C19H25N3O3S/c1-13-4-6-22(7-5-13)11-15-12-26-19(20-15)21-18(23)14-8-16(24-2)10-17(9-14)25-3/h8-10,12-13H,4-7,11H2,1-3H3,(H,20,21,23). The molecule has 1 saturated heterocycles. The van der Waals surface area contributed by atoms with Gasteiger partial charge in [0.25, 0.3) is 5.91 Å². The van der Waals surface area contributed by atoms with Crippen LogP contribution in [0, 0.1) is 5.92 Å². The van der Waals surface area contributed by atoms with Crippen LogP contribution in [0.4, 0.5) is 5.13 Å². The molecule has 1 aromatic carbocycles. The molecule has 0 radical (unpaired) electrons. The van der Waals surface area contributed by atoms with E-state index < -0.39 is 0 Å². The first kappa shape index (κ1) is 18.7. The molecule has 1 fully saturated rings. The number of hydrogen-bond acceptors (Lipinski definition) is 6. The lowest BCUT2D eigenvalue weighted by atomic mass is 9.99. The van der Waals surface area contributed by atoms with Crippen LogP contribution in [0.5, 0.6) is 11.5 Å². The zero-order chi connectivity index (χ0) is 18.5. The second-order valence-corrected chi connectivity index (χ2v) is 7.52. The molecule has 3 rings (SSSR count). The number of thiazole rings is 1. The lowest BCUT2D eigenvalue weighted by molar-refractivity contribution is 0.102. The maximum atomic E-state index is 12.5. The van der Waals surface area contributed by atoms with Gasteiger partial charge in [-0.2, -0.15) is 0 Å². The summed E-state index contributed by atoms with van der Waals surface area (Å²) in [5.41, 5.74) is 1.48. The monoisotopic (exact) mass is 375 g/mol. The van der Waals surface area contributed by atoms with Crippen molar-refractivity contribution < 1.29 is 14.3 Å². The Balaban J connectivity index is 1.62. The predicted molar refractivity (Wildman–Crippen MR) is 103 cm³/mol. The van der Waals surface area contributed by atoms with E-state index in [-0.39, 0.29) is 5.91 Å². The van der Waals surface area contributed by atoms with E-state index in [4.69, 9.17) is 9.47 Å². The van der Waals surface area contributed by atoms with Crippen LogP contribution >= 0.6 is 11.3 Å². The van der Waals surface area contributed by atoms with Crippen molar-refractivity contribution >= 4 is 22.4 Å². The van der Waals surface area contributed by atoms with Gasteiger partial charge in [-0.15, -0.1) is 11.3 Å². The number of piperidine rings is 1. The molecule has 1 amide bonds. The summed E-state index contributed by atoms with van der Waals surface area (Å²) in [7, 11) is 3.12. The highest BCUT2D eigenvalue weighted by Gasteiger charge is 2.17. The smallest absolute Gasteiger partial charge is 0.257 e. The van der Waals surface area contributed by atoms with Crippen LogP contribution in [-0.2, 0) is 6.54 Å². The molecule has 6 nitrogen and oxygen atoms in total. The van der Waals surface area contributed by atoms with E-state index in [0.717, 1.165) is 31.2 Å². The minimum atomic E-state index is -0.227. The highest BCUT2D eigenvalue weighted by Crippen LogP contribution is 2.25. The maximum absolute atomic E-state index is 12.5.